The molecule has 7 heteroatoms. The van der Waals surface area contributed by atoms with Gasteiger partial charge in [0.25, 0.3) is 5.56 Å². The fourth-order valence-corrected chi connectivity index (χ4v) is 2.33. The molecule has 0 fully saturated rings. The van der Waals surface area contributed by atoms with Gasteiger partial charge in [-0.2, -0.15) is 5.10 Å². The summed E-state index contributed by atoms with van der Waals surface area (Å²) in [5, 5.41) is 5.67. The Morgan fingerprint density at radius 2 is 2.31 bits per heavy atom. The lowest BCUT2D eigenvalue weighted by Gasteiger charge is -2.01. The van der Waals surface area contributed by atoms with Gasteiger partial charge in [0.1, 0.15) is 15.1 Å². The summed E-state index contributed by atoms with van der Waals surface area (Å²) in [5.41, 5.74) is 0.573. The van der Waals surface area contributed by atoms with E-state index in [2.05, 4.69) is 15.1 Å². The molecule has 1 N–H and O–H groups in total. The highest BCUT2D eigenvalue weighted by atomic mass is 35.5. The second-order valence-electron chi connectivity index (χ2n) is 3.20. The van der Waals surface area contributed by atoms with E-state index in [1.165, 1.54) is 18.1 Å². The van der Waals surface area contributed by atoms with E-state index in [1.807, 2.05) is 20.0 Å². The molecular weight excluding hydrogens is 248 g/mol. The van der Waals surface area contributed by atoms with Gasteiger partial charge in [0.05, 0.1) is 12.0 Å². The molecule has 2 aromatic rings. The number of nitrogens with one attached hydrogen (secondary N) is 1. The Kier molecular flexibility index (Phi) is 3.02. The van der Waals surface area contributed by atoms with E-state index in [9.17, 15) is 4.79 Å². The highest BCUT2D eigenvalue weighted by molar-refractivity contribution is 7.99. The minimum absolute atomic E-state index is 0.103. The highest BCUT2D eigenvalue weighted by Crippen LogP contribution is 2.29. The van der Waals surface area contributed by atoms with Crippen LogP contribution in [0.15, 0.2) is 27.2 Å². The summed E-state index contributed by atoms with van der Waals surface area (Å²) < 4.78 is 1.72. The van der Waals surface area contributed by atoms with Crippen molar-refractivity contribution in [2.75, 3.05) is 0 Å². The lowest BCUT2D eigenvalue weighted by atomic mass is 10.5. The maximum absolute atomic E-state index is 11.3. The van der Waals surface area contributed by atoms with Crippen molar-refractivity contribution in [3.05, 3.63) is 33.5 Å². The minimum Gasteiger partial charge on any atom is -0.312 e. The average molecular weight is 257 g/mol. The van der Waals surface area contributed by atoms with Crippen LogP contribution in [0.1, 0.15) is 5.69 Å². The van der Waals surface area contributed by atoms with Crippen LogP contribution in [-0.4, -0.2) is 19.7 Å². The fraction of sp³-hybridized carbons (Fsp3) is 0.222. The molecule has 0 saturated carbocycles. The van der Waals surface area contributed by atoms with Crippen LogP contribution in [0.2, 0.25) is 5.02 Å². The van der Waals surface area contributed by atoms with Gasteiger partial charge in [-0.15, -0.1) is 0 Å². The molecule has 84 valence electrons. The number of halogens is 1. The van der Waals surface area contributed by atoms with Crippen LogP contribution >= 0.6 is 23.4 Å². The van der Waals surface area contributed by atoms with E-state index in [0.29, 0.717) is 5.03 Å². The van der Waals surface area contributed by atoms with Gasteiger partial charge in [0.15, 0.2) is 0 Å². The van der Waals surface area contributed by atoms with Gasteiger partial charge in [-0.1, -0.05) is 11.6 Å². The zero-order chi connectivity index (χ0) is 11.7. The van der Waals surface area contributed by atoms with Crippen LogP contribution in [0.25, 0.3) is 0 Å². The molecule has 0 bridgehead atoms. The molecule has 0 radical (unpaired) electrons. The van der Waals surface area contributed by atoms with Crippen LogP contribution in [0.3, 0.4) is 0 Å². The molecule has 0 aliphatic heterocycles. The summed E-state index contributed by atoms with van der Waals surface area (Å²) >= 11 is 7.16. The standard InChI is InChI=1S/C9H9ClN4OS/c1-5-3-6(14(2)13-5)16-9-7(10)8(15)11-4-12-9/h3-4H,1-2H3,(H,11,12,15). The van der Waals surface area contributed by atoms with E-state index in [0.717, 1.165) is 10.7 Å². The molecule has 0 amide bonds. The van der Waals surface area contributed by atoms with Crippen molar-refractivity contribution in [3.63, 3.8) is 0 Å². The summed E-state index contributed by atoms with van der Waals surface area (Å²) in [6.07, 6.45) is 1.33. The third kappa shape index (κ3) is 2.12. The SMILES string of the molecule is Cc1cc(Sc2nc[nH]c(=O)c2Cl)n(C)n1. The minimum atomic E-state index is -0.335. The smallest absolute Gasteiger partial charge is 0.270 e. The molecule has 0 spiro atoms. The van der Waals surface area contributed by atoms with Gasteiger partial charge in [-0.25, -0.2) is 4.98 Å². The van der Waals surface area contributed by atoms with E-state index >= 15 is 0 Å². The number of hydrogen-bond donors (Lipinski definition) is 1. The first-order valence-corrected chi connectivity index (χ1v) is 5.69. The summed E-state index contributed by atoms with van der Waals surface area (Å²) in [6.45, 7) is 1.90. The normalized spacial score (nSPS) is 10.7. The summed E-state index contributed by atoms with van der Waals surface area (Å²) in [6, 6.07) is 1.91. The quantitative estimate of drug-likeness (QED) is 0.830. The first-order valence-electron chi connectivity index (χ1n) is 4.49. The van der Waals surface area contributed by atoms with E-state index < -0.39 is 0 Å². The molecular formula is C9H9ClN4OS. The molecule has 0 aromatic carbocycles. The average Bonchev–Trinajstić information content (AvgIpc) is 2.53. The Morgan fingerprint density at radius 3 is 2.94 bits per heavy atom. The van der Waals surface area contributed by atoms with Crippen molar-refractivity contribution in [3.8, 4) is 0 Å². The fourth-order valence-electron chi connectivity index (χ4n) is 1.22. The van der Waals surface area contributed by atoms with Crippen molar-refractivity contribution in [1.82, 2.24) is 19.7 Å². The van der Waals surface area contributed by atoms with E-state index in [1.54, 1.807) is 4.68 Å². The van der Waals surface area contributed by atoms with Crippen molar-refractivity contribution < 1.29 is 0 Å². The predicted octanol–water partition coefficient (Wildman–Crippen LogP) is 1.62. The Balaban J connectivity index is 2.38. The Bertz CT molecular complexity index is 577. The summed E-state index contributed by atoms with van der Waals surface area (Å²) in [5.74, 6) is 0. The van der Waals surface area contributed by atoms with Crippen LogP contribution in [0.5, 0.6) is 0 Å². The number of aromatic nitrogens is 4. The molecule has 5 nitrogen and oxygen atoms in total. The van der Waals surface area contributed by atoms with Gasteiger partial charge in [-0.3, -0.25) is 9.48 Å². The number of nitrogens with zero attached hydrogens (tertiary/aromatic N) is 3. The largest absolute Gasteiger partial charge is 0.312 e. The lowest BCUT2D eigenvalue weighted by Crippen LogP contribution is -2.07. The topological polar surface area (TPSA) is 63.6 Å². The maximum atomic E-state index is 11.3. The first kappa shape index (κ1) is 11.2. The zero-order valence-electron chi connectivity index (χ0n) is 8.69. The summed E-state index contributed by atoms with van der Waals surface area (Å²) in [7, 11) is 1.83. The van der Waals surface area contributed by atoms with Crippen LogP contribution in [0, 0.1) is 6.92 Å². The van der Waals surface area contributed by atoms with Gasteiger partial charge in [0, 0.05) is 7.05 Å². The van der Waals surface area contributed by atoms with Gasteiger partial charge in [0.2, 0.25) is 0 Å². The second-order valence-corrected chi connectivity index (χ2v) is 4.59. The maximum Gasteiger partial charge on any atom is 0.270 e. The Hall–Kier alpha value is -1.27. The molecule has 0 saturated heterocycles. The number of H-pyrrole nitrogens is 1. The third-order valence-electron chi connectivity index (χ3n) is 1.92. The van der Waals surface area contributed by atoms with Gasteiger partial charge >= 0.3 is 0 Å². The molecule has 0 aliphatic rings. The van der Waals surface area contributed by atoms with Crippen molar-refractivity contribution in [2.24, 2.45) is 7.05 Å². The number of aryl methyl sites for hydroxylation is 2. The van der Waals surface area contributed by atoms with Crippen LogP contribution in [-0.2, 0) is 7.05 Å². The molecule has 2 rings (SSSR count). The number of aromatic amines is 1. The summed E-state index contributed by atoms with van der Waals surface area (Å²) in [4.78, 5) is 17.7. The molecule has 0 unspecified atom stereocenters. The van der Waals surface area contributed by atoms with Crippen LogP contribution in [0.4, 0.5) is 0 Å². The zero-order valence-corrected chi connectivity index (χ0v) is 10.3. The van der Waals surface area contributed by atoms with E-state index in [-0.39, 0.29) is 10.6 Å². The predicted molar refractivity (Wildman–Crippen MR) is 61.9 cm³/mol. The number of hydrogen-bond acceptors (Lipinski definition) is 4. The molecule has 0 aliphatic carbocycles. The second kappa shape index (κ2) is 4.31. The monoisotopic (exact) mass is 256 g/mol. The molecule has 2 aromatic heterocycles. The van der Waals surface area contributed by atoms with Gasteiger partial charge in [-0.05, 0) is 24.8 Å². The molecule has 16 heavy (non-hydrogen) atoms. The van der Waals surface area contributed by atoms with Crippen LogP contribution < -0.4 is 5.56 Å². The third-order valence-corrected chi connectivity index (χ3v) is 3.48. The van der Waals surface area contributed by atoms with Crippen molar-refractivity contribution in [2.45, 2.75) is 17.0 Å². The first-order chi connectivity index (χ1) is 7.58. The molecule has 2 heterocycles. The highest BCUT2D eigenvalue weighted by Gasteiger charge is 2.10. The van der Waals surface area contributed by atoms with E-state index in [4.69, 9.17) is 11.6 Å². The van der Waals surface area contributed by atoms with Crippen molar-refractivity contribution in [1.29, 1.82) is 0 Å². The Labute approximate surface area is 101 Å². The lowest BCUT2D eigenvalue weighted by molar-refractivity contribution is 0.692. The molecule has 0 atom stereocenters. The number of rotatable bonds is 2. The van der Waals surface area contributed by atoms with Gasteiger partial charge < -0.3 is 4.98 Å². The van der Waals surface area contributed by atoms with Crippen molar-refractivity contribution >= 4 is 23.4 Å². The Morgan fingerprint density at radius 1 is 1.56 bits per heavy atom.